The van der Waals surface area contributed by atoms with E-state index in [0.717, 1.165) is 16.7 Å². The lowest BCUT2D eigenvalue weighted by atomic mass is 10.1. The molecule has 1 aromatic heterocycles. The summed E-state index contributed by atoms with van der Waals surface area (Å²) in [5, 5.41) is 3.99. The summed E-state index contributed by atoms with van der Waals surface area (Å²) in [4.78, 5) is 0. The molecule has 0 aliphatic rings. The Hall–Kier alpha value is -1.70. The van der Waals surface area contributed by atoms with Gasteiger partial charge in [-0.3, -0.25) is 4.68 Å². The third kappa shape index (κ3) is 3.89. The molecule has 20 heavy (non-hydrogen) atoms. The Balaban J connectivity index is 2.03. The van der Waals surface area contributed by atoms with Gasteiger partial charge in [-0.25, -0.2) is 13.1 Å². The number of hydrogen-bond acceptors (Lipinski definition) is 4. The van der Waals surface area contributed by atoms with Crippen LogP contribution < -0.4 is 10.5 Å². The molecule has 1 heterocycles. The first kappa shape index (κ1) is 14.7. The third-order valence-corrected chi connectivity index (χ3v) is 4.21. The quantitative estimate of drug-likeness (QED) is 0.811. The van der Waals surface area contributed by atoms with E-state index in [-0.39, 0.29) is 12.3 Å². The predicted octanol–water partition coefficient (Wildman–Crippen LogP) is 0.498. The molecule has 1 aromatic carbocycles. The summed E-state index contributed by atoms with van der Waals surface area (Å²) >= 11 is 0. The third-order valence-electron chi connectivity index (χ3n) is 2.94. The number of hydrogen-bond donors (Lipinski definition) is 2. The van der Waals surface area contributed by atoms with Crippen molar-refractivity contribution in [2.75, 3.05) is 0 Å². The van der Waals surface area contributed by atoms with Gasteiger partial charge in [0.25, 0.3) is 0 Å². The minimum Gasteiger partial charge on any atom is -0.326 e. The summed E-state index contributed by atoms with van der Waals surface area (Å²) in [5.74, 6) is -0.0688. The van der Waals surface area contributed by atoms with E-state index in [1.54, 1.807) is 30.2 Å². The second kappa shape index (κ2) is 6.17. The average Bonchev–Trinajstić information content (AvgIpc) is 2.83. The van der Waals surface area contributed by atoms with Gasteiger partial charge in [0.15, 0.2) is 0 Å². The average molecular weight is 294 g/mol. The van der Waals surface area contributed by atoms with Crippen molar-refractivity contribution in [3.8, 4) is 0 Å². The molecule has 6 nitrogen and oxygen atoms in total. The van der Waals surface area contributed by atoms with Crippen LogP contribution in [0.3, 0.4) is 0 Å². The summed E-state index contributed by atoms with van der Waals surface area (Å²) < 4.78 is 28.3. The SMILES string of the molecule is Cn1cc(CNS(=O)(=O)Cc2ccccc2CN)cn1. The summed E-state index contributed by atoms with van der Waals surface area (Å²) in [6.45, 7) is 0.565. The van der Waals surface area contributed by atoms with E-state index in [0.29, 0.717) is 6.54 Å². The molecule has 0 atom stereocenters. The number of nitrogens with zero attached hydrogens (tertiary/aromatic N) is 2. The summed E-state index contributed by atoms with van der Waals surface area (Å²) in [6, 6.07) is 7.28. The minimum absolute atomic E-state index is 0.0688. The number of sulfonamides is 1. The van der Waals surface area contributed by atoms with E-state index < -0.39 is 10.0 Å². The second-order valence-electron chi connectivity index (χ2n) is 4.58. The molecule has 2 rings (SSSR count). The van der Waals surface area contributed by atoms with Crippen molar-refractivity contribution in [1.82, 2.24) is 14.5 Å². The lowest BCUT2D eigenvalue weighted by molar-refractivity contribution is 0.580. The van der Waals surface area contributed by atoms with Crippen molar-refractivity contribution in [3.05, 3.63) is 53.3 Å². The standard InChI is InChI=1S/C13H18N4O2S/c1-17-9-11(7-15-17)8-16-20(18,19)10-13-5-3-2-4-12(13)6-14/h2-5,7,9,16H,6,8,10,14H2,1H3. The fraction of sp³-hybridized carbons (Fsp3) is 0.308. The van der Waals surface area contributed by atoms with Gasteiger partial charge in [0.2, 0.25) is 10.0 Å². The van der Waals surface area contributed by atoms with E-state index in [4.69, 9.17) is 5.73 Å². The van der Waals surface area contributed by atoms with Crippen LogP contribution in [-0.4, -0.2) is 18.2 Å². The van der Waals surface area contributed by atoms with Crippen LogP contribution >= 0.6 is 0 Å². The van der Waals surface area contributed by atoms with Crippen LogP contribution in [0.25, 0.3) is 0 Å². The molecule has 0 spiro atoms. The van der Waals surface area contributed by atoms with Gasteiger partial charge in [-0.15, -0.1) is 0 Å². The number of aromatic nitrogens is 2. The van der Waals surface area contributed by atoms with E-state index in [1.807, 2.05) is 18.2 Å². The Kier molecular flexibility index (Phi) is 4.53. The van der Waals surface area contributed by atoms with Gasteiger partial charge in [-0.05, 0) is 11.1 Å². The number of rotatable bonds is 6. The molecule has 0 saturated heterocycles. The zero-order chi connectivity index (χ0) is 14.6. The van der Waals surface area contributed by atoms with Crippen molar-refractivity contribution in [1.29, 1.82) is 0 Å². The van der Waals surface area contributed by atoms with Crippen molar-refractivity contribution < 1.29 is 8.42 Å². The molecular weight excluding hydrogens is 276 g/mol. The van der Waals surface area contributed by atoms with Crippen LogP contribution in [0.15, 0.2) is 36.7 Å². The van der Waals surface area contributed by atoms with Crippen molar-refractivity contribution in [2.45, 2.75) is 18.8 Å². The van der Waals surface area contributed by atoms with Gasteiger partial charge >= 0.3 is 0 Å². The Morgan fingerprint density at radius 3 is 2.60 bits per heavy atom. The number of nitrogens with two attached hydrogens (primary N) is 1. The highest BCUT2D eigenvalue weighted by molar-refractivity contribution is 7.88. The highest BCUT2D eigenvalue weighted by Crippen LogP contribution is 2.11. The van der Waals surface area contributed by atoms with E-state index in [1.165, 1.54) is 0 Å². The maximum atomic E-state index is 12.1. The highest BCUT2D eigenvalue weighted by Gasteiger charge is 2.13. The summed E-state index contributed by atoms with van der Waals surface area (Å²) in [6.07, 6.45) is 3.41. The molecule has 0 aliphatic carbocycles. The molecule has 0 fully saturated rings. The van der Waals surface area contributed by atoms with Gasteiger partial charge in [0, 0.05) is 31.9 Å². The summed E-state index contributed by atoms with van der Waals surface area (Å²) in [7, 11) is -1.61. The zero-order valence-corrected chi connectivity index (χ0v) is 12.1. The van der Waals surface area contributed by atoms with Gasteiger partial charge < -0.3 is 5.73 Å². The van der Waals surface area contributed by atoms with Gasteiger partial charge in [0.05, 0.1) is 11.9 Å². The van der Waals surface area contributed by atoms with Gasteiger partial charge in [-0.2, -0.15) is 5.10 Å². The monoisotopic (exact) mass is 294 g/mol. The lowest BCUT2D eigenvalue weighted by Gasteiger charge is -2.09. The molecule has 0 amide bonds. The van der Waals surface area contributed by atoms with Crippen molar-refractivity contribution >= 4 is 10.0 Å². The topological polar surface area (TPSA) is 90.0 Å². The van der Waals surface area contributed by atoms with Crippen molar-refractivity contribution in [2.24, 2.45) is 12.8 Å². The van der Waals surface area contributed by atoms with Crippen LogP contribution in [0.4, 0.5) is 0 Å². The smallest absolute Gasteiger partial charge is 0.216 e. The van der Waals surface area contributed by atoms with E-state index in [2.05, 4.69) is 9.82 Å². The number of benzene rings is 1. The van der Waals surface area contributed by atoms with Crippen LogP contribution in [-0.2, 0) is 35.9 Å². The van der Waals surface area contributed by atoms with Crippen molar-refractivity contribution in [3.63, 3.8) is 0 Å². The molecular formula is C13H18N4O2S. The van der Waals surface area contributed by atoms with Crippen LogP contribution in [0.1, 0.15) is 16.7 Å². The molecule has 2 aromatic rings. The first-order valence-electron chi connectivity index (χ1n) is 6.22. The highest BCUT2D eigenvalue weighted by atomic mass is 32.2. The first-order chi connectivity index (χ1) is 9.50. The maximum Gasteiger partial charge on any atom is 0.216 e. The molecule has 0 aliphatic heterocycles. The summed E-state index contributed by atoms with van der Waals surface area (Å²) in [5.41, 5.74) is 8.01. The van der Waals surface area contributed by atoms with Crippen LogP contribution in [0.2, 0.25) is 0 Å². The number of nitrogens with one attached hydrogen (secondary N) is 1. The fourth-order valence-corrected chi connectivity index (χ4v) is 3.09. The van der Waals surface area contributed by atoms with E-state index >= 15 is 0 Å². The molecule has 0 bridgehead atoms. The van der Waals surface area contributed by atoms with Gasteiger partial charge in [0.1, 0.15) is 0 Å². The fourth-order valence-electron chi connectivity index (χ4n) is 1.91. The largest absolute Gasteiger partial charge is 0.326 e. The maximum absolute atomic E-state index is 12.1. The molecule has 3 N–H and O–H groups in total. The Labute approximate surface area is 118 Å². The second-order valence-corrected chi connectivity index (χ2v) is 6.38. The number of aryl methyl sites for hydroxylation is 1. The normalized spacial score (nSPS) is 11.7. The molecule has 0 unspecified atom stereocenters. The minimum atomic E-state index is -3.40. The zero-order valence-electron chi connectivity index (χ0n) is 11.3. The molecule has 0 radical (unpaired) electrons. The van der Waals surface area contributed by atoms with Crippen LogP contribution in [0, 0.1) is 0 Å². The van der Waals surface area contributed by atoms with E-state index in [9.17, 15) is 8.42 Å². The Bertz CT molecular complexity index is 679. The first-order valence-corrected chi connectivity index (χ1v) is 7.87. The molecule has 7 heteroatoms. The van der Waals surface area contributed by atoms with Gasteiger partial charge in [-0.1, -0.05) is 24.3 Å². The molecule has 0 saturated carbocycles. The molecule has 108 valence electrons. The Morgan fingerprint density at radius 2 is 2.00 bits per heavy atom. The predicted molar refractivity (Wildman–Crippen MR) is 77.0 cm³/mol. The van der Waals surface area contributed by atoms with Crippen LogP contribution in [0.5, 0.6) is 0 Å². The lowest BCUT2D eigenvalue weighted by Crippen LogP contribution is -2.25. The Morgan fingerprint density at radius 1 is 1.30 bits per heavy atom.